The van der Waals surface area contributed by atoms with Gasteiger partial charge in [-0.2, -0.15) is 4.98 Å². The number of hydrogen-bond acceptors (Lipinski definition) is 6. The van der Waals surface area contributed by atoms with Gasteiger partial charge in [-0.3, -0.25) is 4.90 Å². The molecule has 0 spiro atoms. The maximum absolute atomic E-state index is 5.77. The van der Waals surface area contributed by atoms with E-state index in [0.717, 1.165) is 45.8 Å². The van der Waals surface area contributed by atoms with Gasteiger partial charge < -0.3 is 14.6 Å². The van der Waals surface area contributed by atoms with Crippen LogP contribution in [0.4, 0.5) is 0 Å². The fourth-order valence-electron chi connectivity index (χ4n) is 2.40. The van der Waals surface area contributed by atoms with E-state index >= 15 is 0 Å². The van der Waals surface area contributed by atoms with E-state index in [9.17, 15) is 0 Å². The lowest BCUT2D eigenvalue weighted by Gasteiger charge is -2.30. The second-order valence-corrected chi connectivity index (χ2v) is 5.36. The predicted molar refractivity (Wildman–Crippen MR) is 76.7 cm³/mol. The first-order valence-corrected chi connectivity index (χ1v) is 7.62. The van der Waals surface area contributed by atoms with Crippen LogP contribution in [0.1, 0.15) is 50.9 Å². The van der Waals surface area contributed by atoms with Gasteiger partial charge >= 0.3 is 0 Å². The van der Waals surface area contributed by atoms with E-state index < -0.39 is 0 Å². The first-order valence-electron chi connectivity index (χ1n) is 7.62. The van der Waals surface area contributed by atoms with Gasteiger partial charge in [-0.05, 0) is 19.5 Å². The summed E-state index contributed by atoms with van der Waals surface area (Å²) < 4.78 is 11.1. The zero-order valence-corrected chi connectivity index (χ0v) is 12.8. The van der Waals surface area contributed by atoms with Crippen LogP contribution in [0, 0.1) is 0 Å². The van der Waals surface area contributed by atoms with E-state index in [0.29, 0.717) is 11.7 Å². The van der Waals surface area contributed by atoms with Gasteiger partial charge in [-0.1, -0.05) is 25.9 Å². The number of aromatic nitrogens is 2. The highest BCUT2D eigenvalue weighted by Gasteiger charge is 2.26. The van der Waals surface area contributed by atoms with Gasteiger partial charge in [0, 0.05) is 25.6 Å². The molecule has 1 aliphatic rings. The lowest BCUT2D eigenvalue weighted by Crippen LogP contribution is -2.39. The monoisotopic (exact) mass is 282 g/mol. The smallest absolute Gasteiger partial charge is 0.230 e. The van der Waals surface area contributed by atoms with Gasteiger partial charge in [0.05, 0.1) is 6.61 Å². The molecule has 2 unspecified atom stereocenters. The summed E-state index contributed by atoms with van der Waals surface area (Å²) in [5, 5.41) is 7.39. The Bertz CT molecular complexity index is 394. The minimum absolute atomic E-state index is 0.0564. The Labute approximate surface area is 120 Å². The molecule has 1 fully saturated rings. The van der Waals surface area contributed by atoms with Crippen molar-refractivity contribution in [2.45, 2.75) is 39.2 Å². The van der Waals surface area contributed by atoms with Gasteiger partial charge in [-0.25, -0.2) is 0 Å². The standard InChI is InChI=1S/C14H26N4O2/c1-4-6-18-7-8-19-12(10-18)13-16-14(20-17-13)11(3)9-15-5-2/h11-12,15H,4-10H2,1-3H3. The SMILES string of the molecule is CCCN1CCOC(c2noc(C(C)CNCC)n2)C1. The van der Waals surface area contributed by atoms with Crippen molar-refractivity contribution in [2.24, 2.45) is 0 Å². The summed E-state index contributed by atoms with van der Waals surface area (Å²) in [5.74, 6) is 1.60. The van der Waals surface area contributed by atoms with Crippen molar-refractivity contribution in [3.05, 3.63) is 11.7 Å². The number of ether oxygens (including phenoxy) is 1. The molecule has 6 nitrogen and oxygen atoms in total. The number of nitrogens with zero attached hydrogens (tertiary/aromatic N) is 3. The highest BCUT2D eigenvalue weighted by molar-refractivity contribution is 4.98. The zero-order chi connectivity index (χ0) is 14.4. The van der Waals surface area contributed by atoms with E-state index in [2.05, 4.69) is 41.1 Å². The van der Waals surface area contributed by atoms with Crippen LogP contribution in [0.5, 0.6) is 0 Å². The molecular formula is C14H26N4O2. The predicted octanol–water partition coefficient (Wildman–Crippen LogP) is 1.57. The Morgan fingerprint density at radius 2 is 2.30 bits per heavy atom. The molecule has 1 aromatic heterocycles. The summed E-state index contributed by atoms with van der Waals surface area (Å²) in [6.07, 6.45) is 1.10. The van der Waals surface area contributed by atoms with Crippen LogP contribution in [0.2, 0.25) is 0 Å². The number of nitrogens with one attached hydrogen (secondary N) is 1. The van der Waals surface area contributed by atoms with E-state index in [1.54, 1.807) is 0 Å². The normalized spacial score (nSPS) is 22.1. The molecule has 0 radical (unpaired) electrons. The van der Waals surface area contributed by atoms with Crippen molar-refractivity contribution in [1.82, 2.24) is 20.4 Å². The van der Waals surface area contributed by atoms with Gasteiger partial charge in [0.1, 0.15) is 6.10 Å². The molecular weight excluding hydrogens is 256 g/mol. The Morgan fingerprint density at radius 1 is 1.45 bits per heavy atom. The molecule has 1 N–H and O–H groups in total. The lowest BCUT2D eigenvalue weighted by atomic mass is 10.2. The van der Waals surface area contributed by atoms with Crippen molar-refractivity contribution < 1.29 is 9.26 Å². The van der Waals surface area contributed by atoms with E-state index in [4.69, 9.17) is 9.26 Å². The fraction of sp³-hybridized carbons (Fsp3) is 0.857. The third-order valence-corrected chi connectivity index (χ3v) is 3.56. The molecule has 0 bridgehead atoms. The molecule has 1 aromatic rings. The van der Waals surface area contributed by atoms with Crippen LogP contribution in [0.3, 0.4) is 0 Å². The quantitative estimate of drug-likeness (QED) is 0.819. The van der Waals surface area contributed by atoms with Gasteiger partial charge in [-0.15, -0.1) is 0 Å². The van der Waals surface area contributed by atoms with Crippen LogP contribution >= 0.6 is 0 Å². The Morgan fingerprint density at radius 3 is 3.05 bits per heavy atom. The number of rotatable bonds is 7. The van der Waals surface area contributed by atoms with Crippen LogP contribution in [-0.2, 0) is 4.74 Å². The first-order chi connectivity index (χ1) is 9.74. The van der Waals surface area contributed by atoms with Crippen LogP contribution in [-0.4, -0.2) is 54.4 Å². The molecule has 0 saturated carbocycles. The van der Waals surface area contributed by atoms with Crippen molar-refractivity contribution in [3.8, 4) is 0 Å². The highest BCUT2D eigenvalue weighted by Crippen LogP contribution is 2.21. The Hall–Kier alpha value is -0.980. The molecule has 2 rings (SSSR count). The minimum atomic E-state index is -0.0564. The van der Waals surface area contributed by atoms with E-state index in [1.807, 2.05) is 0 Å². The number of hydrogen-bond donors (Lipinski definition) is 1. The maximum atomic E-state index is 5.77. The van der Waals surface area contributed by atoms with Crippen LogP contribution < -0.4 is 5.32 Å². The van der Waals surface area contributed by atoms with Crippen molar-refractivity contribution in [2.75, 3.05) is 39.3 Å². The number of morpholine rings is 1. The van der Waals surface area contributed by atoms with Crippen molar-refractivity contribution in [3.63, 3.8) is 0 Å². The second-order valence-electron chi connectivity index (χ2n) is 5.36. The maximum Gasteiger partial charge on any atom is 0.230 e. The molecule has 1 saturated heterocycles. The summed E-state index contributed by atoms with van der Waals surface area (Å²) in [5.41, 5.74) is 0. The van der Waals surface area contributed by atoms with Crippen molar-refractivity contribution in [1.29, 1.82) is 0 Å². The van der Waals surface area contributed by atoms with E-state index in [1.165, 1.54) is 0 Å². The molecule has 1 aliphatic heterocycles. The zero-order valence-electron chi connectivity index (χ0n) is 12.8. The minimum Gasteiger partial charge on any atom is -0.367 e. The summed E-state index contributed by atoms with van der Waals surface area (Å²) in [4.78, 5) is 6.91. The van der Waals surface area contributed by atoms with Crippen molar-refractivity contribution >= 4 is 0 Å². The number of likely N-dealkylation sites (N-methyl/N-ethyl adjacent to an activating group) is 1. The molecule has 6 heteroatoms. The third kappa shape index (κ3) is 4.01. The molecule has 114 valence electrons. The van der Waals surface area contributed by atoms with Crippen LogP contribution in [0.15, 0.2) is 4.52 Å². The topological polar surface area (TPSA) is 63.4 Å². The molecule has 2 atom stereocenters. The highest BCUT2D eigenvalue weighted by atomic mass is 16.5. The van der Waals surface area contributed by atoms with Gasteiger partial charge in [0.15, 0.2) is 0 Å². The fourth-order valence-corrected chi connectivity index (χ4v) is 2.40. The van der Waals surface area contributed by atoms with Gasteiger partial charge in [0.25, 0.3) is 0 Å². The van der Waals surface area contributed by atoms with E-state index in [-0.39, 0.29) is 12.0 Å². The molecule has 0 amide bonds. The molecule has 0 aliphatic carbocycles. The first kappa shape index (κ1) is 15.4. The Kier molecular flexibility index (Phi) is 5.94. The lowest BCUT2D eigenvalue weighted by molar-refractivity contribution is -0.0350. The molecule has 2 heterocycles. The molecule has 0 aromatic carbocycles. The average molecular weight is 282 g/mol. The van der Waals surface area contributed by atoms with Gasteiger partial charge in [0.2, 0.25) is 11.7 Å². The summed E-state index contributed by atoms with van der Waals surface area (Å²) in [6, 6.07) is 0. The third-order valence-electron chi connectivity index (χ3n) is 3.56. The average Bonchev–Trinajstić information content (AvgIpc) is 2.95. The Balaban J connectivity index is 1.93. The molecule has 20 heavy (non-hydrogen) atoms. The second kappa shape index (κ2) is 7.71. The largest absolute Gasteiger partial charge is 0.367 e. The summed E-state index contributed by atoms with van der Waals surface area (Å²) in [6.45, 7) is 11.9. The summed E-state index contributed by atoms with van der Waals surface area (Å²) >= 11 is 0. The summed E-state index contributed by atoms with van der Waals surface area (Å²) in [7, 11) is 0. The van der Waals surface area contributed by atoms with Crippen LogP contribution in [0.25, 0.3) is 0 Å².